The van der Waals surface area contributed by atoms with Gasteiger partial charge in [-0.05, 0) is 40.0 Å². The van der Waals surface area contributed by atoms with Crippen molar-refractivity contribution in [2.45, 2.75) is 78.9 Å². The molecule has 0 spiro atoms. The van der Waals surface area contributed by atoms with E-state index in [9.17, 15) is 5.21 Å². The van der Waals surface area contributed by atoms with Gasteiger partial charge in [0.15, 0.2) is 0 Å². The first-order valence-corrected chi connectivity index (χ1v) is 6.90. The molecular weight excluding hydrogens is 212 g/mol. The van der Waals surface area contributed by atoms with E-state index in [0.717, 1.165) is 13.0 Å². The van der Waals surface area contributed by atoms with Crippen LogP contribution in [-0.4, -0.2) is 33.9 Å². The maximum Gasteiger partial charge on any atom is 0.0451 e. The van der Waals surface area contributed by atoms with Crippen molar-refractivity contribution < 1.29 is 5.21 Å². The van der Waals surface area contributed by atoms with Crippen LogP contribution in [0.15, 0.2) is 0 Å². The summed E-state index contributed by atoms with van der Waals surface area (Å²) in [4.78, 5) is 0. The molecule has 1 fully saturated rings. The minimum atomic E-state index is -0.134. The molecule has 0 aromatic rings. The molecule has 3 nitrogen and oxygen atoms in total. The molecule has 104 valence electrons. The molecule has 1 heterocycles. The van der Waals surface area contributed by atoms with Crippen molar-refractivity contribution in [1.82, 2.24) is 10.4 Å². The van der Waals surface area contributed by atoms with E-state index in [1.807, 2.05) is 13.8 Å². The lowest BCUT2D eigenvalue weighted by molar-refractivity contribution is -0.196. The highest BCUT2D eigenvalue weighted by Gasteiger charge is 2.50. The fourth-order valence-electron chi connectivity index (χ4n) is 2.59. The number of nitrogens with one attached hydrogen (secondary N) is 1. The molecule has 1 aliphatic heterocycles. The van der Waals surface area contributed by atoms with E-state index in [0.29, 0.717) is 12.0 Å². The molecule has 2 N–H and O–H groups in total. The minimum Gasteiger partial charge on any atom is -0.314 e. The van der Waals surface area contributed by atoms with Gasteiger partial charge in [0.2, 0.25) is 0 Å². The highest BCUT2D eigenvalue weighted by Crippen LogP contribution is 2.42. The van der Waals surface area contributed by atoms with Crippen LogP contribution in [0.5, 0.6) is 0 Å². The van der Waals surface area contributed by atoms with Crippen molar-refractivity contribution in [2.24, 2.45) is 5.92 Å². The first kappa shape index (κ1) is 16.9. The maximum atomic E-state index is 10.1. The standard InChI is InChI=1S/C12H26N2O.C2H6/c1-9(2)13-8-10-7-11(3,4)14(15)12(10,5)6;1-2/h9-10,13,15H,7-8H2,1-6H3;1-2H3. The number of hydroxylamine groups is 2. The number of hydrogen-bond acceptors (Lipinski definition) is 3. The van der Waals surface area contributed by atoms with Crippen molar-refractivity contribution in [3.05, 3.63) is 0 Å². The third-order valence-corrected chi connectivity index (χ3v) is 3.64. The van der Waals surface area contributed by atoms with E-state index in [1.165, 1.54) is 5.06 Å². The third-order valence-electron chi connectivity index (χ3n) is 3.64. The fraction of sp³-hybridized carbons (Fsp3) is 1.00. The minimum absolute atomic E-state index is 0.104. The van der Waals surface area contributed by atoms with Gasteiger partial charge in [-0.25, -0.2) is 0 Å². The van der Waals surface area contributed by atoms with Crippen molar-refractivity contribution in [2.75, 3.05) is 6.54 Å². The molecule has 0 aromatic carbocycles. The second-order valence-corrected chi connectivity index (χ2v) is 6.24. The van der Waals surface area contributed by atoms with Crippen LogP contribution in [0.1, 0.15) is 61.8 Å². The van der Waals surface area contributed by atoms with Crippen molar-refractivity contribution in [3.63, 3.8) is 0 Å². The summed E-state index contributed by atoms with van der Waals surface area (Å²) >= 11 is 0. The number of rotatable bonds is 3. The van der Waals surface area contributed by atoms with Gasteiger partial charge in [-0.15, -0.1) is 0 Å². The van der Waals surface area contributed by atoms with Crippen LogP contribution >= 0.6 is 0 Å². The molecule has 0 aliphatic carbocycles. The Morgan fingerprint density at radius 2 is 1.71 bits per heavy atom. The Morgan fingerprint density at radius 1 is 1.24 bits per heavy atom. The Kier molecular flexibility index (Phi) is 6.12. The Hall–Kier alpha value is -0.120. The second kappa shape index (κ2) is 6.17. The third kappa shape index (κ3) is 3.94. The molecule has 0 saturated carbocycles. The van der Waals surface area contributed by atoms with Crippen molar-refractivity contribution in [3.8, 4) is 0 Å². The maximum absolute atomic E-state index is 10.1. The summed E-state index contributed by atoms with van der Waals surface area (Å²) in [6.07, 6.45) is 1.04. The van der Waals surface area contributed by atoms with Gasteiger partial charge in [-0.2, -0.15) is 5.06 Å². The van der Waals surface area contributed by atoms with Crippen LogP contribution in [-0.2, 0) is 0 Å². The molecule has 1 rings (SSSR count). The average Bonchev–Trinajstić information content (AvgIpc) is 2.39. The molecule has 1 saturated heterocycles. The summed E-state index contributed by atoms with van der Waals surface area (Å²) in [5.74, 6) is 0.500. The lowest BCUT2D eigenvalue weighted by Gasteiger charge is -2.36. The van der Waals surface area contributed by atoms with Gasteiger partial charge in [0.25, 0.3) is 0 Å². The first-order valence-electron chi connectivity index (χ1n) is 6.90. The van der Waals surface area contributed by atoms with Crippen LogP contribution in [0.4, 0.5) is 0 Å². The van der Waals surface area contributed by atoms with Crippen LogP contribution < -0.4 is 5.32 Å². The Labute approximate surface area is 108 Å². The molecule has 0 amide bonds. The number of hydrogen-bond donors (Lipinski definition) is 2. The number of nitrogens with zero attached hydrogens (tertiary/aromatic N) is 1. The van der Waals surface area contributed by atoms with E-state index in [-0.39, 0.29) is 11.1 Å². The van der Waals surface area contributed by atoms with Crippen molar-refractivity contribution >= 4 is 0 Å². The van der Waals surface area contributed by atoms with Gasteiger partial charge in [0.1, 0.15) is 0 Å². The van der Waals surface area contributed by atoms with E-state index in [2.05, 4.69) is 46.9 Å². The zero-order chi connectivity index (χ0) is 13.9. The lowest BCUT2D eigenvalue weighted by atomic mass is 9.87. The highest BCUT2D eigenvalue weighted by molar-refractivity contribution is 5.02. The van der Waals surface area contributed by atoms with Gasteiger partial charge in [-0.3, -0.25) is 0 Å². The van der Waals surface area contributed by atoms with Gasteiger partial charge in [0.05, 0.1) is 0 Å². The zero-order valence-electron chi connectivity index (χ0n) is 13.0. The Morgan fingerprint density at radius 3 is 2.00 bits per heavy atom. The summed E-state index contributed by atoms with van der Waals surface area (Å²) in [6, 6.07) is 0.511. The summed E-state index contributed by atoms with van der Waals surface area (Å²) in [6.45, 7) is 17.7. The first-order chi connectivity index (χ1) is 7.68. The molecular formula is C14H32N2O. The fourth-order valence-corrected chi connectivity index (χ4v) is 2.59. The molecule has 0 aromatic heterocycles. The average molecular weight is 244 g/mol. The van der Waals surface area contributed by atoms with E-state index in [1.54, 1.807) is 0 Å². The quantitative estimate of drug-likeness (QED) is 0.800. The topological polar surface area (TPSA) is 35.5 Å². The molecule has 1 aliphatic rings. The lowest BCUT2D eigenvalue weighted by Crippen LogP contribution is -2.48. The molecule has 1 unspecified atom stereocenters. The Bertz CT molecular complexity index is 224. The summed E-state index contributed by atoms with van der Waals surface area (Å²) in [5, 5.41) is 15.1. The van der Waals surface area contributed by atoms with Crippen LogP contribution in [0, 0.1) is 5.92 Å². The molecule has 1 atom stereocenters. The van der Waals surface area contributed by atoms with Gasteiger partial charge in [0, 0.05) is 23.7 Å². The predicted octanol–water partition coefficient (Wildman–Crippen LogP) is 3.28. The summed E-state index contributed by atoms with van der Waals surface area (Å²) < 4.78 is 0. The largest absolute Gasteiger partial charge is 0.314 e. The Balaban J connectivity index is 0.00000121. The van der Waals surface area contributed by atoms with Crippen LogP contribution in [0.25, 0.3) is 0 Å². The van der Waals surface area contributed by atoms with Gasteiger partial charge >= 0.3 is 0 Å². The van der Waals surface area contributed by atoms with Gasteiger partial charge in [-0.1, -0.05) is 27.7 Å². The highest BCUT2D eigenvalue weighted by atomic mass is 16.5. The SMILES string of the molecule is CC.CC(C)NCC1CC(C)(C)N(O)C1(C)C. The zero-order valence-corrected chi connectivity index (χ0v) is 13.0. The normalized spacial score (nSPS) is 26.8. The predicted molar refractivity (Wildman–Crippen MR) is 74.4 cm³/mol. The monoisotopic (exact) mass is 244 g/mol. The molecule has 3 heteroatoms. The van der Waals surface area contributed by atoms with Gasteiger partial charge < -0.3 is 10.5 Å². The van der Waals surface area contributed by atoms with E-state index in [4.69, 9.17) is 0 Å². The molecule has 0 radical (unpaired) electrons. The van der Waals surface area contributed by atoms with Crippen LogP contribution in [0.3, 0.4) is 0 Å². The molecule has 17 heavy (non-hydrogen) atoms. The smallest absolute Gasteiger partial charge is 0.0451 e. The van der Waals surface area contributed by atoms with E-state index < -0.39 is 0 Å². The second-order valence-electron chi connectivity index (χ2n) is 6.24. The summed E-state index contributed by atoms with van der Waals surface area (Å²) in [7, 11) is 0. The molecule has 0 bridgehead atoms. The van der Waals surface area contributed by atoms with E-state index >= 15 is 0 Å². The van der Waals surface area contributed by atoms with Crippen molar-refractivity contribution in [1.29, 1.82) is 0 Å². The van der Waals surface area contributed by atoms with Crippen LogP contribution in [0.2, 0.25) is 0 Å². The summed E-state index contributed by atoms with van der Waals surface area (Å²) in [5.41, 5.74) is -0.238.